The molecule has 21 heavy (non-hydrogen) atoms. The Kier molecular flexibility index (Phi) is 3.12. The van der Waals surface area contributed by atoms with Crippen LogP contribution in [0.4, 0.5) is 5.95 Å². The van der Waals surface area contributed by atoms with Crippen molar-refractivity contribution in [3.8, 4) is 11.6 Å². The normalized spacial score (nSPS) is 10.5. The number of fused-ring (bicyclic) bond motifs is 1. The third kappa shape index (κ3) is 2.59. The van der Waals surface area contributed by atoms with Crippen molar-refractivity contribution in [2.24, 2.45) is 5.73 Å². The number of carbonyl (C=O) groups is 1. The SMILES string of the molecule is NC(=O)c1ccc(Oc2nc(N)nc3ccccc23)cc1. The number of hydrogen-bond donors (Lipinski definition) is 2. The summed E-state index contributed by atoms with van der Waals surface area (Å²) < 4.78 is 5.72. The Morgan fingerprint density at radius 1 is 1.00 bits per heavy atom. The minimum atomic E-state index is -0.488. The van der Waals surface area contributed by atoms with Crippen LogP contribution in [0, 0.1) is 0 Å². The van der Waals surface area contributed by atoms with Crippen LogP contribution in [0.1, 0.15) is 10.4 Å². The molecule has 0 fully saturated rings. The zero-order valence-electron chi connectivity index (χ0n) is 11.0. The summed E-state index contributed by atoms with van der Waals surface area (Å²) in [5.41, 5.74) is 12.0. The van der Waals surface area contributed by atoms with Gasteiger partial charge in [0.25, 0.3) is 0 Å². The first-order valence-electron chi connectivity index (χ1n) is 6.23. The van der Waals surface area contributed by atoms with Crippen LogP contribution >= 0.6 is 0 Å². The lowest BCUT2D eigenvalue weighted by Crippen LogP contribution is -2.10. The highest BCUT2D eigenvalue weighted by molar-refractivity contribution is 5.92. The Bertz CT molecular complexity index is 816. The van der Waals surface area contributed by atoms with E-state index in [-0.39, 0.29) is 5.95 Å². The van der Waals surface area contributed by atoms with E-state index < -0.39 is 5.91 Å². The number of ether oxygens (including phenoxy) is 1. The van der Waals surface area contributed by atoms with Gasteiger partial charge in [0.1, 0.15) is 5.75 Å². The molecular weight excluding hydrogens is 268 g/mol. The molecule has 0 atom stereocenters. The van der Waals surface area contributed by atoms with Gasteiger partial charge in [0.2, 0.25) is 17.7 Å². The fourth-order valence-electron chi connectivity index (χ4n) is 1.94. The Balaban J connectivity index is 1.99. The second-order valence-electron chi connectivity index (χ2n) is 4.39. The summed E-state index contributed by atoms with van der Waals surface area (Å²) in [7, 11) is 0. The average molecular weight is 280 g/mol. The number of aromatic nitrogens is 2. The number of nitrogens with zero attached hydrogens (tertiary/aromatic N) is 2. The van der Waals surface area contributed by atoms with Crippen molar-refractivity contribution in [2.75, 3.05) is 5.73 Å². The van der Waals surface area contributed by atoms with Gasteiger partial charge in [-0.15, -0.1) is 0 Å². The molecule has 3 aromatic rings. The van der Waals surface area contributed by atoms with Crippen LogP contribution in [0.25, 0.3) is 10.9 Å². The second kappa shape index (κ2) is 5.09. The van der Waals surface area contributed by atoms with Crippen molar-refractivity contribution >= 4 is 22.8 Å². The van der Waals surface area contributed by atoms with Crippen LogP contribution in [0.2, 0.25) is 0 Å². The maximum Gasteiger partial charge on any atom is 0.248 e. The lowest BCUT2D eigenvalue weighted by molar-refractivity contribution is 0.100. The molecule has 1 aromatic heterocycles. The minimum absolute atomic E-state index is 0.137. The monoisotopic (exact) mass is 280 g/mol. The van der Waals surface area contributed by atoms with Crippen LogP contribution in [-0.4, -0.2) is 15.9 Å². The van der Waals surface area contributed by atoms with Gasteiger partial charge in [-0.2, -0.15) is 4.98 Å². The topological polar surface area (TPSA) is 104 Å². The maximum absolute atomic E-state index is 11.0. The van der Waals surface area contributed by atoms with Gasteiger partial charge in [-0.05, 0) is 36.4 Å². The van der Waals surface area contributed by atoms with Crippen LogP contribution in [0.3, 0.4) is 0 Å². The highest BCUT2D eigenvalue weighted by Crippen LogP contribution is 2.27. The number of primary amides is 1. The van der Waals surface area contributed by atoms with Crippen LogP contribution < -0.4 is 16.2 Å². The van der Waals surface area contributed by atoms with E-state index in [0.717, 1.165) is 5.39 Å². The zero-order valence-corrected chi connectivity index (χ0v) is 11.0. The number of nitrogens with two attached hydrogens (primary N) is 2. The van der Waals surface area contributed by atoms with Crippen molar-refractivity contribution in [2.45, 2.75) is 0 Å². The van der Waals surface area contributed by atoms with E-state index in [1.165, 1.54) is 0 Å². The lowest BCUT2D eigenvalue weighted by atomic mass is 10.2. The van der Waals surface area contributed by atoms with Gasteiger partial charge in [0, 0.05) is 5.56 Å². The fraction of sp³-hybridized carbons (Fsp3) is 0. The molecule has 0 aliphatic rings. The first-order valence-corrected chi connectivity index (χ1v) is 6.23. The van der Waals surface area contributed by atoms with E-state index in [1.54, 1.807) is 24.3 Å². The van der Waals surface area contributed by atoms with E-state index >= 15 is 0 Å². The quantitative estimate of drug-likeness (QED) is 0.764. The molecule has 6 nitrogen and oxygen atoms in total. The predicted molar refractivity (Wildman–Crippen MR) is 79.0 cm³/mol. The number of amides is 1. The molecule has 1 heterocycles. The maximum atomic E-state index is 11.0. The number of nitrogen functional groups attached to an aromatic ring is 1. The minimum Gasteiger partial charge on any atom is -0.438 e. The lowest BCUT2D eigenvalue weighted by Gasteiger charge is -2.08. The van der Waals surface area contributed by atoms with Gasteiger partial charge in [0.05, 0.1) is 10.9 Å². The van der Waals surface area contributed by atoms with E-state index in [9.17, 15) is 4.79 Å². The summed E-state index contributed by atoms with van der Waals surface area (Å²) in [6, 6.07) is 13.9. The molecule has 0 unspecified atom stereocenters. The molecule has 4 N–H and O–H groups in total. The molecule has 3 rings (SSSR count). The summed E-state index contributed by atoms with van der Waals surface area (Å²) in [4.78, 5) is 19.3. The Morgan fingerprint density at radius 2 is 1.71 bits per heavy atom. The fourth-order valence-corrected chi connectivity index (χ4v) is 1.94. The van der Waals surface area contributed by atoms with Gasteiger partial charge in [-0.3, -0.25) is 4.79 Å². The highest BCUT2D eigenvalue weighted by Gasteiger charge is 2.08. The predicted octanol–water partition coefficient (Wildman–Crippen LogP) is 2.10. The Morgan fingerprint density at radius 3 is 2.43 bits per heavy atom. The number of benzene rings is 2. The molecule has 0 aliphatic heterocycles. The second-order valence-corrected chi connectivity index (χ2v) is 4.39. The Hall–Kier alpha value is -3.15. The highest BCUT2D eigenvalue weighted by atomic mass is 16.5. The van der Waals surface area contributed by atoms with E-state index in [2.05, 4.69) is 9.97 Å². The van der Waals surface area contributed by atoms with E-state index in [0.29, 0.717) is 22.7 Å². The molecule has 2 aromatic carbocycles. The molecule has 0 spiro atoms. The molecule has 0 saturated heterocycles. The summed E-state index contributed by atoms with van der Waals surface area (Å²) in [5, 5.41) is 0.755. The van der Waals surface area contributed by atoms with Crippen LogP contribution in [-0.2, 0) is 0 Å². The van der Waals surface area contributed by atoms with Gasteiger partial charge < -0.3 is 16.2 Å². The molecular formula is C15H12N4O2. The number of carbonyl (C=O) groups excluding carboxylic acids is 1. The first kappa shape index (κ1) is 12.9. The molecule has 1 amide bonds. The largest absolute Gasteiger partial charge is 0.438 e. The smallest absolute Gasteiger partial charge is 0.248 e. The van der Waals surface area contributed by atoms with Gasteiger partial charge >= 0.3 is 0 Å². The number of para-hydroxylation sites is 1. The van der Waals surface area contributed by atoms with Crippen LogP contribution in [0.5, 0.6) is 11.6 Å². The number of hydrogen-bond acceptors (Lipinski definition) is 5. The van der Waals surface area contributed by atoms with Gasteiger partial charge in [-0.1, -0.05) is 12.1 Å². The van der Waals surface area contributed by atoms with Crippen LogP contribution in [0.15, 0.2) is 48.5 Å². The molecule has 0 radical (unpaired) electrons. The van der Waals surface area contributed by atoms with Crippen molar-refractivity contribution < 1.29 is 9.53 Å². The van der Waals surface area contributed by atoms with Crippen molar-refractivity contribution in [3.05, 3.63) is 54.1 Å². The molecule has 0 saturated carbocycles. The molecule has 0 bridgehead atoms. The summed E-state index contributed by atoms with van der Waals surface area (Å²) in [5.74, 6) is 0.545. The molecule has 6 heteroatoms. The average Bonchev–Trinajstić information content (AvgIpc) is 2.47. The third-order valence-electron chi connectivity index (χ3n) is 2.94. The van der Waals surface area contributed by atoms with Crippen molar-refractivity contribution in [1.29, 1.82) is 0 Å². The van der Waals surface area contributed by atoms with Gasteiger partial charge in [0.15, 0.2) is 0 Å². The van der Waals surface area contributed by atoms with E-state index in [1.807, 2.05) is 24.3 Å². The number of rotatable bonds is 3. The van der Waals surface area contributed by atoms with Crippen molar-refractivity contribution in [3.63, 3.8) is 0 Å². The van der Waals surface area contributed by atoms with E-state index in [4.69, 9.17) is 16.2 Å². The standard InChI is InChI=1S/C15H12N4O2/c16-13(20)9-5-7-10(8-6-9)21-14-11-3-1-2-4-12(11)18-15(17)19-14/h1-8H,(H2,16,20)(H2,17,18,19). The zero-order chi connectivity index (χ0) is 14.8. The first-order chi connectivity index (χ1) is 10.1. The molecule has 104 valence electrons. The summed E-state index contributed by atoms with van der Waals surface area (Å²) in [6.07, 6.45) is 0. The summed E-state index contributed by atoms with van der Waals surface area (Å²) >= 11 is 0. The third-order valence-corrected chi connectivity index (χ3v) is 2.94. The van der Waals surface area contributed by atoms with Crippen molar-refractivity contribution in [1.82, 2.24) is 9.97 Å². The number of anilines is 1. The summed E-state index contributed by atoms with van der Waals surface area (Å²) in [6.45, 7) is 0. The molecule has 0 aliphatic carbocycles. The Labute approximate surface area is 120 Å². The van der Waals surface area contributed by atoms with Gasteiger partial charge in [-0.25, -0.2) is 4.98 Å².